The number of rotatable bonds is 5. The van der Waals surface area contributed by atoms with Gasteiger partial charge in [-0.15, -0.1) is 0 Å². The Hall–Kier alpha value is -3.90. The Kier molecular flexibility index (Phi) is 6.61. The van der Waals surface area contributed by atoms with Crippen molar-refractivity contribution in [3.63, 3.8) is 0 Å². The number of hydrazone groups is 1. The first-order chi connectivity index (χ1) is 18.1. The van der Waals surface area contributed by atoms with E-state index in [0.717, 1.165) is 33.5 Å². The Labute approximate surface area is 227 Å². The summed E-state index contributed by atoms with van der Waals surface area (Å²) in [6.45, 7) is 11.8. The first-order valence-corrected chi connectivity index (χ1v) is 13.1. The monoisotopic (exact) mass is 526 g/mol. The van der Waals surface area contributed by atoms with Crippen molar-refractivity contribution in [2.75, 3.05) is 5.01 Å². The molecular formula is C31H31ClN4O2. The zero-order valence-electron chi connectivity index (χ0n) is 22.5. The number of halogens is 1. The number of aromatic nitrogens is 2. The molecule has 0 radical (unpaired) electrons. The highest BCUT2D eigenvalue weighted by Crippen LogP contribution is 2.41. The van der Waals surface area contributed by atoms with Crippen molar-refractivity contribution in [3.8, 4) is 5.69 Å². The molecule has 1 aliphatic heterocycles. The molecule has 0 saturated carbocycles. The third kappa shape index (κ3) is 4.29. The molecule has 0 saturated heterocycles. The van der Waals surface area contributed by atoms with Crippen molar-refractivity contribution in [1.82, 2.24) is 9.78 Å². The Morgan fingerprint density at radius 2 is 1.42 bits per heavy atom. The fourth-order valence-electron chi connectivity index (χ4n) is 5.21. The van der Waals surface area contributed by atoms with Crippen LogP contribution in [0.2, 0.25) is 5.02 Å². The normalized spacial score (nSPS) is 16.2. The van der Waals surface area contributed by atoms with Crippen LogP contribution in [0.15, 0.2) is 70.6 Å². The molecule has 1 aliphatic rings. The quantitative estimate of drug-likeness (QED) is 0.321. The van der Waals surface area contributed by atoms with Crippen LogP contribution in [0.25, 0.3) is 5.69 Å². The number of amides is 1. The topological polar surface area (TPSA) is 70.5 Å². The number of benzene rings is 3. The molecule has 0 unspecified atom stereocenters. The van der Waals surface area contributed by atoms with E-state index in [0.29, 0.717) is 27.7 Å². The first kappa shape index (κ1) is 25.7. The molecule has 5 rings (SSSR count). The van der Waals surface area contributed by atoms with Crippen LogP contribution in [-0.2, 0) is 4.79 Å². The second-order valence-corrected chi connectivity index (χ2v) is 10.6. The number of H-pyrrole nitrogens is 1. The van der Waals surface area contributed by atoms with E-state index in [1.165, 1.54) is 5.01 Å². The van der Waals surface area contributed by atoms with Gasteiger partial charge in [-0.05, 0) is 99.7 Å². The standard InChI is InChI=1S/C31H31ClN4O2/c1-17-11-13-23(15-19(17)3)35-30(37)27(21(5)33-35)29(25-9-7-8-10-26(25)32)28-22(6)34-36(31(28)38)24-14-12-18(2)20(4)16-24/h7-16,27,29,34H,1-6H3/t27-,29+/m1/s1. The summed E-state index contributed by atoms with van der Waals surface area (Å²) in [6, 6.07) is 19.2. The summed E-state index contributed by atoms with van der Waals surface area (Å²) >= 11 is 6.72. The molecule has 1 N–H and O–H groups in total. The Balaban J connectivity index is 1.67. The number of nitrogens with one attached hydrogen (secondary N) is 1. The van der Waals surface area contributed by atoms with Crippen molar-refractivity contribution < 1.29 is 4.79 Å². The highest BCUT2D eigenvalue weighted by Gasteiger charge is 2.44. The smallest absolute Gasteiger partial charge is 0.275 e. The fraction of sp³-hybridized carbons (Fsp3) is 0.258. The van der Waals surface area contributed by atoms with Crippen molar-refractivity contribution >= 4 is 28.9 Å². The van der Waals surface area contributed by atoms with Gasteiger partial charge in [0.2, 0.25) is 0 Å². The lowest BCUT2D eigenvalue weighted by Gasteiger charge is -2.24. The average Bonchev–Trinajstić information content (AvgIpc) is 3.34. The Bertz CT molecular complexity index is 1660. The van der Waals surface area contributed by atoms with Crippen molar-refractivity contribution in [1.29, 1.82) is 0 Å². The van der Waals surface area contributed by atoms with Crippen LogP contribution in [0.3, 0.4) is 0 Å². The van der Waals surface area contributed by atoms with Gasteiger partial charge in [0.25, 0.3) is 11.5 Å². The van der Waals surface area contributed by atoms with Gasteiger partial charge < -0.3 is 0 Å². The van der Waals surface area contributed by atoms with Gasteiger partial charge in [0, 0.05) is 27.9 Å². The number of nitrogens with zero attached hydrogens (tertiary/aromatic N) is 3. The average molecular weight is 527 g/mol. The zero-order valence-corrected chi connectivity index (χ0v) is 23.2. The van der Waals surface area contributed by atoms with E-state index in [1.807, 2.05) is 96.1 Å². The van der Waals surface area contributed by atoms with Gasteiger partial charge in [0.05, 0.1) is 17.3 Å². The molecule has 1 amide bonds. The summed E-state index contributed by atoms with van der Waals surface area (Å²) in [5.41, 5.74) is 8.23. The maximum Gasteiger partial charge on any atom is 0.275 e. The molecule has 3 aromatic carbocycles. The van der Waals surface area contributed by atoms with Crippen LogP contribution in [0, 0.1) is 40.5 Å². The highest BCUT2D eigenvalue weighted by atomic mass is 35.5. The minimum absolute atomic E-state index is 0.187. The number of carbonyl (C=O) groups is 1. The van der Waals surface area contributed by atoms with Crippen molar-refractivity contribution in [3.05, 3.63) is 115 Å². The van der Waals surface area contributed by atoms with E-state index in [1.54, 1.807) is 10.7 Å². The molecule has 7 heteroatoms. The van der Waals surface area contributed by atoms with Crippen LogP contribution >= 0.6 is 11.6 Å². The zero-order chi connectivity index (χ0) is 27.3. The lowest BCUT2D eigenvalue weighted by atomic mass is 9.78. The van der Waals surface area contributed by atoms with Crippen LogP contribution in [-0.4, -0.2) is 21.4 Å². The summed E-state index contributed by atoms with van der Waals surface area (Å²) < 4.78 is 1.55. The molecule has 6 nitrogen and oxygen atoms in total. The number of anilines is 1. The molecule has 2 atom stereocenters. The number of aromatic amines is 1. The summed E-state index contributed by atoms with van der Waals surface area (Å²) in [5.74, 6) is -1.49. The highest BCUT2D eigenvalue weighted by molar-refractivity contribution is 6.31. The molecule has 0 spiro atoms. The molecular weight excluding hydrogens is 496 g/mol. The lowest BCUT2D eigenvalue weighted by molar-refractivity contribution is -0.120. The molecule has 38 heavy (non-hydrogen) atoms. The number of hydrogen-bond donors (Lipinski definition) is 1. The lowest BCUT2D eigenvalue weighted by Crippen LogP contribution is -2.34. The minimum atomic E-state index is -0.688. The van der Waals surface area contributed by atoms with Gasteiger partial charge in [-0.3, -0.25) is 14.7 Å². The Morgan fingerprint density at radius 3 is 2.05 bits per heavy atom. The molecule has 1 aromatic heterocycles. The predicted molar refractivity (Wildman–Crippen MR) is 154 cm³/mol. The second-order valence-electron chi connectivity index (χ2n) is 10.2. The largest absolute Gasteiger partial charge is 0.295 e. The van der Waals surface area contributed by atoms with Crippen LogP contribution in [0.5, 0.6) is 0 Å². The predicted octanol–water partition coefficient (Wildman–Crippen LogP) is 6.53. The Morgan fingerprint density at radius 1 is 0.816 bits per heavy atom. The van der Waals surface area contributed by atoms with Gasteiger partial charge in [-0.1, -0.05) is 41.9 Å². The van der Waals surface area contributed by atoms with E-state index < -0.39 is 11.8 Å². The molecule has 2 heterocycles. The van der Waals surface area contributed by atoms with E-state index in [-0.39, 0.29) is 11.5 Å². The summed E-state index contributed by atoms with van der Waals surface area (Å²) in [5, 5.41) is 9.89. The number of hydrogen-bond acceptors (Lipinski definition) is 3. The van der Waals surface area contributed by atoms with Gasteiger partial charge in [0.15, 0.2) is 0 Å². The summed E-state index contributed by atoms with van der Waals surface area (Å²) in [7, 11) is 0. The third-order valence-corrected chi connectivity index (χ3v) is 8.01. The summed E-state index contributed by atoms with van der Waals surface area (Å²) in [4.78, 5) is 28.1. The van der Waals surface area contributed by atoms with Gasteiger partial charge in [0.1, 0.15) is 0 Å². The number of aryl methyl sites for hydroxylation is 5. The van der Waals surface area contributed by atoms with Crippen molar-refractivity contribution in [2.45, 2.75) is 47.5 Å². The van der Waals surface area contributed by atoms with E-state index in [9.17, 15) is 9.59 Å². The van der Waals surface area contributed by atoms with E-state index >= 15 is 0 Å². The van der Waals surface area contributed by atoms with Crippen LogP contribution < -0.4 is 10.6 Å². The van der Waals surface area contributed by atoms with E-state index in [4.69, 9.17) is 11.6 Å². The molecule has 0 bridgehead atoms. The molecule has 194 valence electrons. The van der Waals surface area contributed by atoms with Crippen LogP contribution in [0.1, 0.15) is 51.9 Å². The SMILES string of the molecule is CC1=NN(c2ccc(C)c(C)c2)C(=O)[C@H]1[C@H](c1ccccc1Cl)c1c(C)[nH]n(-c2ccc(C)c(C)c2)c1=O. The van der Waals surface area contributed by atoms with Gasteiger partial charge in [-0.25, -0.2) is 9.69 Å². The summed E-state index contributed by atoms with van der Waals surface area (Å²) in [6.07, 6.45) is 0. The van der Waals surface area contributed by atoms with Crippen molar-refractivity contribution in [2.24, 2.45) is 11.0 Å². The third-order valence-electron chi connectivity index (χ3n) is 7.67. The molecule has 0 aliphatic carbocycles. The van der Waals surface area contributed by atoms with Crippen LogP contribution in [0.4, 0.5) is 5.69 Å². The van der Waals surface area contributed by atoms with Gasteiger partial charge in [-0.2, -0.15) is 5.10 Å². The first-order valence-electron chi connectivity index (χ1n) is 12.7. The number of carbonyl (C=O) groups excluding carboxylic acids is 1. The minimum Gasteiger partial charge on any atom is -0.295 e. The van der Waals surface area contributed by atoms with E-state index in [2.05, 4.69) is 10.2 Å². The molecule has 4 aromatic rings. The molecule has 0 fully saturated rings. The maximum absolute atomic E-state index is 14.0. The fourth-order valence-corrected chi connectivity index (χ4v) is 5.46. The second kappa shape index (κ2) is 9.76. The maximum atomic E-state index is 14.0. The van der Waals surface area contributed by atoms with Gasteiger partial charge >= 0.3 is 0 Å².